The molecule has 26 heavy (non-hydrogen) atoms. The number of para-hydroxylation sites is 1. The molecule has 1 heterocycles. The van der Waals surface area contributed by atoms with E-state index in [2.05, 4.69) is 10.2 Å². The average Bonchev–Trinajstić information content (AvgIpc) is 3.03. The lowest BCUT2D eigenvalue weighted by molar-refractivity contribution is 0.0994. The third-order valence-electron chi connectivity index (χ3n) is 3.91. The number of aryl methyl sites for hydroxylation is 1. The lowest BCUT2D eigenvalue weighted by Gasteiger charge is -2.12. The summed E-state index contributed by atoms with van der Waals surface area (Å²) in [7, 11) is 0. The van der Waals surface area contributed by atoms with Gasteiger partial charge in [-0.15, -0.1) is 10.2 Å². The molecule has 5 nitrogen and oxygen atoms in total. The van der Waals surface area contributed by atoms with Crippen molar-refractivity contribution in [3.05, 3.63) is 66.0 Å². The minimum atomic E-state index is -0.279. The van der Waals surface area contributed by atoms with Crippen LogP contribution in [-0.2, 0) is 0 Å². The molecule has 2 aromatic carbocycles. The van der Waals surface area contributed by atoms with Gasteiger partial charge < -0.3 is 4.74 Å². The molecule has 0 spiro atoms. The molecule has 134 valence electrons. The van der Waals surface area contributed by atoms with Gasteiger partial charge in [-0.25, -0.2) is 0 Å². The Hall–Kier alpha value is -2.60. The normalized spacial score (nSPS) is 12.0. The molecular weight excluding hydrogens is 346 g/mol. The number of hydrogen-bond acceptors (Lipinski definition) is 5. The van der Waals surface area contributed by atoms with Gasteiger partial charge >= 0.3 is 0 Å². The van der Waals surface area contributed by atoms with Crippen LogP contribution < -0.4 is 4.74 Å². The monoisotopic (exact) mass is 367 g/mol. The average molecular weight is 367 g/mol. The molecule has 0 aliphatic rings. The number of hydrogen-bond donors (Lipinski definition) is 0. The van der Waals surface area contributed by atoms with Crippen molar-refractivity contribution in [2.75, 3.05) is 6.61 Å². The maximum atomic E-state index is 12.8. The third-order valence-corrected chi connectivity index (χ3v) is 4.95. The van der Waals surface area contributed by atoms with E-state index in [-0.39, 0.29) is 11.0 Å². The van der Waals surface area contributed by atoms with Crippen LogP contribution in [0.3, 0.4) is 0 Å². The lowest BCUT2D eigenvalue weighted by atomic mass is 10.1. The fourth-order valence-corrected chi connectivity index (χ4v) is 3.61. The van der Waals surface area contributed by atoms with Crippen molar-refractivity contribution >= 4 is 17.5 Å². The first-order valence-electron chi connectivity index (χ1n) is 8.51. The molecular formula is C20H21N3O2S. The van der Waals surface area contributed by atoms with E-state index in [1.54, 1.807) is 12.1 Å². The van der Waals surface area contributed by atoms with E-state index in [4.69, 9.17) is 4.74 Å². The largest absolute Gasteiger partial charge is 0.494 e. The van der Waals surface area contributed by atoms with Crippen LogP contribution in [0.2, 0.25) is 0 Å². The summed E-state index contributed by atoms with van der Waals surface area (Å²) < 4.78 is 7.39. The highest BCUT2D eigenvalue weighted by molar-refractivity contribution is 8.00. The zero-order chi connectivity index (χ0) is 18.5. The van der Waals surface area contributed by atoms with Gasteiger partial charge in [0.1, 0.15) is 11.6 Å². The molecule has 0 unspecified atom stereocenters. The minimum absolute atomic E-state index is 0.0540. The standard InChI is InChI=1S/C20H21N3O2S/c1-4-25-18-12-10-16(11-13-18)19(24)14(2)26-20-22-21-15(3)23(20)17-8-6-5-7-9-17/h5-14H,4H2,1-3H3/t14-/m0/s1. The highest BCUT2D eigenvalue weighted by atomic mass is 32.2. The van der Waals surface area contributed by atoms with E-state index in [1.807, 2.05) is 67.8 Å². The molecule has 0 radical (unpaired) electrons. The van der Waals surface area contributed by atoms with Crippen LogP contribution in [0.25, 0.3) is 5.69 Å². The summed E-state index contributed by atoms with van der Waals surface area (Å²) >= 11 is 1.41. The van der Waals surface area contributed by atoms with Gasteiger partial charge in [-0.1, -0.05) is 30.0 Å². The maximum Gasteiger partial charge on any atom is 0.196 e. The summed E-state index contributed by atoms with van der Waals surface area (Å²) in [6.07, 6.45) is 0. The predicted octanol–water partition coefficient (Wildman–Crippen LogP) is 4.34. The van der Waals surface area contributed by atoms with Crippen LogP contribution in [0.1, 0.15) is 30.0 Å². The smallest absolute Gasteiger partial charge is 0.196 e. The van der Waals surface area contributed by atoms with Gasteiger partial charge in [0.25, 0.3) is 0 Å². The van der Waals surface area contributed by atoms with Crippen molar-refractivity contribution in [3.8, 4) is 11.4 Å². The van der Waals surface area contributed by atoms with Crippen molar-refractivity contribution in [2.45, 2.75) is 31.2 Å². The van der Waals surface area contributed by atoms with Crippen molar-refractivity contribution in [1.29, 1.82) is 0 Å². The summed E-state index contributed by atoms with van der Waals surface area (Å²) in [6.45, 7) is 6.34. The maximum absolute atomic E-state index is 12.8. The Kier molecular flexibility index (Phi) is 5.73. The highest BCUT2D eigenvalue weighted by Crippen LogP contribution is 2.27. The number of ketones is 1. The number of Topliss-reactive ketones (excluding diaryl/α,β-unsaturated/α-hetero) is 1. The molecule has 6 heteroatoms. The Morgan fingerprint density at radius 1 is 1.12 bits per heavy atom. The van der Waals surface area contributed by atoms with Gasteiger partial charge in [-0.05, 0) is 57.2 Å². The Morgan fingerprint density at radius 2 is 1.81 bits per heavy atom. The predicted molar refractivity (Wildman–Crippen MR) is 103 cm³/mol. The molecule has 0 fully saturated rings. The van der Waals surface area contributed by atoms with Gasteiger partial charge in [-0.2, -0.15) is 0 Å². The van der Waals surface area contributed by atoms with Crippen LogP contribution in [0.5, 0.6) is 5.75 Å². The second-order valence-corrected chi connectivity index (χ2v) is 7.09. The number of benzene rings is 2. The van der Waals surface area contributed by atoms with E-state index in [0.717, 1.165) is 17.3 Å². The van der Waals surface area contributed by atoms with Crippen LogP contribution in [0.15, 0.2) is 59.8 Å². The van der Waals surface area contributed by atoms with Crippen LogP contribution >= 0.6 is 11.8 Å². The van der Waals surface area contributed by atoms with Gasteiger partial charge in [-0.3, -0.25) is 9.36 Å². The molecule has 0 aliphatic carbocycles. The number of carbonyl (C=O) groups excluding carboxylic acids is 1. The molecule has 0 N–H and O–H groups in total. The minimum Gasteiger partial charge on any atom is -0.494 e. The fraction of sp³-hybridized carbons (Fsp3) is 0.250. The molecule has 0 saturated carbocycles. The van der Waals surface area contributed by atoms with E-state index in [9.17, 15) is 4.79 Å². The summed E-state index contributed by atoms with van der Waals surface area (Å²) in [5, 5.41) is 8.85. The van der Waals surface area contributed by atoms with Crippen molar-refractivity contribution in [1.82, 2.24) is 14.8 Å². The Bertz CT molecular complexity index is 876. The zero-order valence-corrected chi connectivity index (χ0v) is 15.9. The van der Waals surface area contributed by atoms with Crippen LogP contribution in [0.4, 0.5) is 0 Å². The second kappa shape index (κ2) is 8.19. The van der Waals surface area contributed by atoms with Crippen LogP contribution in [-0.4, -0.2) is 32.4 Å². The molecule has 0 bridgehead atoms. The van der Waals surface area contributed by atoms with E-state index < -0.39 is 0 Å². The molecule has 3 aromatic rings. The second-order valence-electron chi connectivity index (χ2n) is 5.78. The van der Waals surface area contributed by atoms with Gasteiger partial charge in [0, 0.05) is 11.3 Å². The molecule has 0 saturated heterocycles. The quantitative estimate of drug-likeness (QED) is 0.459. The van der Waals surface area contributed by atoms with E-state index in [1.165, 1.54) is 11.8 Å². The Balaban J connectivity index is 1.78. The first kappa shape index (κ1) is 18.2. The lowest BCUT2D eigenvalue weighted by Crippen LogP contribution is -2.14. The molecule has 0 aliphatic heterocycles. The summed E-state index contributed by atoms with van der Waals surface area (Å²) in [6, 6.07) is 17.2. The van der Waals surface area contributed by atoms with Gasteiger partial charge in [0.15, 0.2) is 10.9 Å². The first-order valence-corrected chi connectivity index (χ1v) is 9.39. The van der Waals surface area contributed by atoms with Crippen molar-refractivity contribution in [3.63, 3.8) is 0 Å². The molecule has 1 atom stereocenters. The van der Waals surface area contributed by atoms with E-state index in [0.29, 0.717) is 17.3 Å². The molecule has 0 amide bonds. The number of rotatable bonds is 7. The fourth-order valence-electron chi connectivity index (χ4n) is 2.62. The SMILES string of the molecule is CCOc1ccc(C(=O)[C@H](C)Sc2nnc(C)n2-c2ccccc2)cc1. The molecule has 3 rings (SSSR count). The van der Waals surface area contributed by atoms with Crippen molar-refractivity contribution < 1.29 is 9.53 Å². The number of nitrogens with zero attached hydrogens (tertiary/aromatic N) is 3. The number of aromatic nitrogens is 3. The van der Waals surface area contributed by atoms with Gasteiger partial charge in [0.2, 0.25) is 0 Å². The number of thioether (sulfide) groups is 1. The van der Waals surface area contributed by atoms with Crippen LogP contribution in [0, 0.1) is 6.92 Å². The zero-order valence-electron chi connectivity index (χ0n) is 15.0. The number of ether oxygens (including phenoxy) is 1. The van der Waals surface area contributed by atoms with Crippen molar-refractivity contribution in [2.24, 2.45) is 0 Å². The summed E-state index contributed by atoms with van der Waals surface area (Å²) in [5.41, 5.74) is 1.65. The topological polar surface area (TPSA) is 57.0 Å². The highest BCUT2D eigenvalue weighted by Gasteiger charge is 2.21. The first-order chi connectivity index (χ1) is 12.6. The molecule has 1 aromatic heterocycles. The number of carbonyl (C=O) groups is 1. The Morgan fingerprint density at radius 3 is 2.46 bits per heavy atom. The Labute approximate surface area is 157 Å². The summed E-state index contributed by atoms with van der Waals surface area (Å²) in [4.78, 5) is 12.8. The van der Waals surface area contributed by atoms with Gasteiger partial charge in [0.05, 0.1) is 11.9 Å². The summed E-state index contributed by atoms with van der Waals surface area (Å²) in [5.74, 6) is 1.61. The van der Waals surface area contributed by atoms with E-state index >= 15 is 0 Å². The third kappa shape index (κ3) is 3.96.